The number of benzene rings is 1. The number of rotatable bonds is 6. The van der Waals surface area contributed by atoms with Crippen LogP contribution in [0.3, 0.4) is 0 Å². The first-order valence-corrected chi connectivity index (χ1v) is 8.24. The van der Waals surface area contributed by atoms with Crippen LogP contribution in [0.2, 0.25) is 0 Å². The molecular formula is C18H23N3O3. The van der Waals surface area contributed by atoms with Gasteiger partial charge in [-0.05, 0) is 26.8 Å². The molecule has 24 heavy (non-hydrogen) atoms. The molecule has 2 N–H and O–H groups in total. The summed E-state index contributed by atoms with van der Waals surface area (Å²) in [4.78, 5) is 12.1. The number of amides is 1. The van der Waals surface area contributed by atoms with Gasteiger partial charge in [-0.1, -0.05) is 23.4 Å². The largest absolute Gasteiger partial charge is 0.493 e. The minimum absolute atomic E-state index is 0.0424. The van der Waals surface area contributed by atoms with Crippen molar-refractivity contribution < 1.29 is 14.1 Å². The molecule has 3 atom stereocenters. The van der Waals surface area contributed by atoms with Crippen molar-refractivity contribution >= 4 is 11.7 Å². The highest BCUT2D eigenvalue weighted by Crippen LogP contribution is 2.35. The van der Waals surface area contributed by atoms with Gasteiger partial charge in [0.2, 0.25) is 5.91 Å². The van der Waals surface area contributed by atoms with E-state index < -0.39 is 0 Å². The van der Waals surface area contributed by atoms with Gasteiger partial charge in [0.25, 0.3) is 0 Å². The number of nitrogens with one attached hydrogen (secondary N) is 2. The highest BCUT2D eigenvalue weighted by Gasteiger charge is 2.29. The normalized spacial score (nSPS) is 18.5. The summed E-state index contributed by atoms with van der Waals surface area (Å²) in [5, 5.41) is 10.0. The van der Waals surface area contributed by atoms with Gasteiger partial charge in [0, 0.05) is 36.1 Å². The number of carbonyl (C=O) groups excluding carboxylic acids is 1. The molecule has 2 aromatic rings. The zero-order valence-electron chi connectivity index (χ0n) is 14.2. The lowest BCUT2D eigenvalue weighted by Crippen LogP contribution is -2.40. The van der Waals surface area contributed by atoms with Crippen molar-refractivity contribution in [3.8, 4) is 5.75 Å². The van der Waals surface area contributed by atoms with Gasteiger partial charge < -0.3 is 19.9 Å². The molecule has 0 saturated carbocycles. The molecule has 0 bridgehead atoms. The second-order valence-electron chi connectivity index (χ2n) is 6.39. The molecule has 6 nitrogen and oxygen atoms in total. The molecule has 3 rings (SSSR count). The lowest BCUT2D eigenvalue weighted by Gasteiger charge is -2.24. The van der Waals surface area contributed by atoms with Gasteiger partial charge in [0.05, 0.1) is 6.61 Å². The quantitative estimate of drug-likeness (QED) is 0.852. The molecule has 0 saturated heterocycles. The van der Waals surface area contributed by atoms with E-state index in [2.05, 4.69) is 28.8 Å². The number of hydrogen-bond acceptors (Lipinski definition) is 5. The Balaban J connectivity index is 1.51. The Bertz CT molecular complexity index is 713. The van der Waals surface area contributed by atoms with E-state index in [0.29, 0.717) is 30.5 Å². The molecule has 0 fully saturated rings. The Hall–Kier alpha value is -2.34. The van der Waals surface area contributed by atoms with E-state index in [4.69, 9.17) is 9.26 Å². The molecule has 2 heterocycles. The summed E-state index contributed by atoms with van der Waals surface area (Å²) in [6.45, 7) is 6.60. The summed E-state index contributed by atoms with van der Waals surface area (Å²) in [7, 11) is 0. The molecule has 0 unspecified atom stereocenters. The van der Waals surface area contributed by atoms with Crippen molar-refractivity contribution in [2.24, 2.45) is 0 Å². The van der Waals surface area contributed by atoms with E-state index in [1.807, 2.05) is 25.1 Å². The van der Waals surface area contributed by atoms with Crippen LogP contribution in [0.1, 0.15) is 37.5 Å². The van der Waals surface area contributed by atoms with Crippen LogP contribution in [-0.2, 0) is 4.79 Å². The third-order valence-electron chi connectivity index (χ3n) is 4.27. The summed E-state index contributed by atoms with van der Waals surface area (Å²) in [6.07, 6.45) is 0.367. The van der Waals surface area contributed by atoms with Crippen LogP contribution in [0.25, 0.3) is 0 Å². The number of aromatic nitrogens is 1. The standard InChI is InChI=1S/C18H23N3O3/c1-11(8-18(22)20-17-9-12(2)24-21-17)19-13(3)15-10-23-16-7-5-4-6-14(15)16/h4-7,9,11,13,15,19H,8,10H2,1-3H3,(H,20,21,22)/t11-,13+,15+/m0/s1. The summed E-state index contributed by atoms with van der Waals surface area (Å²) in [5.74, 6) is 2.30. The number of para-hydroxylation sites is 1. The fraction of sp³-hybridized carbons (Fsp3) is 0.444. The monoisotopic (exact) mass is 329 g/mol. The maximum Gasteiger partial charge on any atom is 0.227 e. The van der Waals surface area contributed by atoms with E-state index in [0.717, 1.165) is 5.75 Å². The van der Waals surface area contributed by atoms with Crippen LogP contribution >= 0.6 is 0 Å². The SMILES string of the molecule is Cc1cc(NC(=O)C[C@H](C)N[C@H](C)[C@H]2COc3ccccc32)no1. The lowest BCUT2D eigenvalue weighted by atomic mass is 9.94. The Labute approximate surface area is 141 Å². The molecule has 1 aromatic heterocycles. The first-order valence-electron chi connectivity index (χ1n) is 8.24. The Morgan fingerprint density at radius 1 is 1.38 bits per heavy atom. The molecule has 6 heteroatoms. The van der Waals surface area contributed by atoms with Crippen molar-refractivity contribution in [2.75, 3.05) is 11.9 Å². The second-order valence-corrected chi connectivity index (χ2v) is 6.39. The van der Waals surface area contributed by atoms with Crippen LogP contribution in [-0.4, -0.2) is 29.8 Å². The van der Waals surface area contributed by atoms with Gasteiger partial charge in [0.15, 0.2) is 5.82 Å². The number of hydrogen-bond donors (Lipinski definition) is 2. The Morgan fingerprint density at radius 2 is 2.17 bits per heavy atom. The van der Waals surface area contributed by atoms with Gasteiger partial charge in [-0.3, -0.25) is 4.79 Å². The predicted molar refractivity (Wildman–Crippen MR) is 91.2 cm³/mol. The van der Waals surface area contributed by atoms with Crippen molar-refractivity contribution in [2.45, 2.75) is 45.2 Å². The van der Waals surface area contributed by atoms with E-state index in [1.165, 1.54) is 5.56 Å². The number of anilines is 1. The third-order valence-corrected chi connectivity index (χ3v) is 4.27. The van der Waals surface area contributed by atoms with Crippen molar-refractivity contribution in [3.05, 3.63) is 41.7 Å². The van der Waals surface area contributed by atoms with Gasteiger partial charge in [-0.2, -0.15) is 0 Å². The average molecular weight is 329 g/mol. The van der Waals surface area contributed by atoms with E-state index in [1.54, 1.807) is 13.0 Å². The van der Waals surface area contributed by atoms with Gasteiger partial charge >= 0.3 is 0 Å². The zero-order chi connectivity index (χ0) is 17.1. The summed E-state index contributed by atoms with van der Waals surface area (Å²) >= 11 is 0. The second kappa shape index (κ2) is 7.05. The maximum absolute atomic E-state index is 12.1. The molecule has 1 amide bonds. The molecule has 0 radical (unpaired) electrons. The molecular weight excluding hydrogens is 306 g/mol. The molecule has 0 spiro atoms. The van der Waals surface area contributed by atoms with E-state index in [9.17, 15) is 4.79 Å². The summed E-state index contributed by atoms with van der Waals surface area (Å²) in [6, 6.07) is 10.1. The summed E-state index contributed by atoms with van der Waals surface area (Å²) < 4.78 is 10.7. The molecule has 1 aliphatic rings. The highest BCUT2D eigenvalue weighted by atomic mass is 16.5. The van der Waals surface area contributed by atoms with Crippen LogP contribution in [0.15, 0.2) is 34.9 Å². The number of ether oxygens (including phenoxy) is 1. The zero-order valence-corrected chi connectivity index (χ0v) is 14.2. The predicted octanol–water partition coefficient (Wildman–Crippen LogP) is 2.85. The average Bonchev–Trinajstić information content (AvgIpc) is 3.13. The third kappa shape index (κ3) is 3.76. The number of aryl methyl sites for hydroxylation is 1. The fourth-order valence-electron chi connectivity index (χ4n) is 3.12. The highest BCUT2D eigenvalue weighted by molar-refractivity contribution is 5.90. The number of nitrogens with zero attached hydrogens (tertiary/aromatic N) is 1. The van der Waals surface area contributed by atoms with Crippen molar-refractivity contribution in [1.29, 1.82) is 0 Å². The Morgan fingerprint density at radius 3 is 2.92 bits per heavy atom. The molecule has 1 aliphatic heterocycles. The minimum Gasteiger partial charge on any atom is -0.493 e. The van der Waals surface area contributed by atoms with Gasteiger partial charge in [-0.25, -0.2) is 0 Å². The van der Waals surface area contributed by atoms with Crippen LogP contribution in [0.4, 0.5) is 5.82 Å². The Kier molecular flexibility index (Phi) is 4.85. The smallest absolute Gasteiger partial charge is 0.227 e. The first kappa shape index (κ1) is 16.5. The van der Waals surface area contributed by atoms with E-state index >= 15 is 0 Å². The minimum atomic E-state index is -0.0847. The summed E-state index contributed by atoms with van der Waals surface area (Å²) in [5.41, 5.74) is 1.23. The number of carbonyl (C=O) groups is 1. The van der Waals surface area contributed by atoms with Crippen LogP contribution in [0.5, 0.6) is 5.75 Å². The van der Waals surface area contributed by atoms with E-state index in [-0.39, 0.29) is 18.0 Å². The molecule has 128 valence electrons. The van der Waals surface area contributed by atoms with Crippen LogP contribution < -0.4 is 15.4 Å². The molecule has 0 aliphatic carbocycles. The maximum atomic E-state index is 12.1. The fourth-order valence-corrected chi connectivity index (χ4v) is 3.12. The topological polar surface area (TPSA) is 76.4 Å². The first-order chi connectivity index (χ1) is 11.5. The van der Waals surface area contributed by atoms with Crippen molar-refractivity contribution in [1.82, 2.24) is 10.5 Å². The van der Waals surface area contributed by atoms with Gasteiger partial charge in [-0.15, -0.1) is 0 Å². The van der Waals surface area contributed by atoms with Crippen LogP contribution in [0, 0.1) is 6.92 Å². The van der Waals surface area contributed by atoms with Crippen molar-refractivity contribution in [3.63, 3.8) is 0 Å². The van der Waals surface area contributed by atoms with Gasteiger partial charge in [0.1, 0.15) is 11.5 Å². The lowest BCUT2D eigenvalue weighted by molar-refractivity contribution is -0.116. The number of fused-ring (bicyclic) bond motifs is 1. The molecule has 1 aromatic carbocycles.